The van der Waals surface area contributed by atoms with Crippen molar-refractivity contribution in [3.63, 3.8) is 0 Å². The Labute approximate surface area is 181 Å². The van der Waals surface area contributed by atoms with E-state index in [9.17, 15) is 0 Å². The first kappa shape index (κ1) is 18.1. The zero-order valence-electron chi connectivity index (χ0n) is 17.8. The highest BCUT2D eigenvalue weighted by Crippen LogP contribution is 2.51. The Bertz CT molecular complexity index is 1440. The Morgan fingerprint density at radius 1 is 0.867 bits per heavy atom. The van der Waals surface area contributed by atoms with Gasteiger partial charge in [-0.2, -0.15) is 4.57 Å². The standard InChI is InChI=1S/C28H26NS/c1-4-28(5-2)18(3)29-17-20-11-7-6-10-19(20)16-24(29)26-23(28)15-14-22-21-12-8-9-13-25(21)30-27(22)26/h6-18H,4-5H2,1-3H3/q+1. The molecule has 30 heavy (non-hydrogen) atoms. The van der Waals surface area contributed by atoms with E-state index >= 15 is 0 Å². The van der Waals surface area contributed by atoms with E-state index in [-0.39, 0.29) is 5.41 Å². The molecule has 1 aliphatic rings. The molecule has 6 rings (SSSR count). The van der Waals surface area contributed by atoms with Gasteiger partial charge in [-0.15, -0.1) is 11.3 Å². The van der Waals surface area contributed by atoms with E-state index in [0.717, 1.165) is 12.8 Å². The molecule has 0 radical (unpaired) electrons. The Hall–Kier alpha value is -2.71. The van der Waals surface area contributed by atoms with Gasteiger partial charge in [0.25, 0.3) is 0 Å². The summed E-state index contributed by atoms with van der Waals surface area (Å²) in [6.45, 7) is 7.15. The lowest BCUT2D eigenvalue weighted by Gasteiger charge is -2.40. The van der Waals surface area contributed by atoms with Crippen molar-refractivity contribution in [2.45, 2.75) is 45.1 Å². The molecule has 0 aliphatic carbocycles. The minimum Gasteiger partial charge on any atom is -0.194 e. The van der Waals surface area contributed by atoms with E-state index in [0.29, 0.717) is 6.04 Å². The van der Waals surface area contributed by atoms with Crippen molar-refractivity contribution < 1.29 is 4.57 Å². The highest BCUT2D eigenvalue weighted by Gasteiger charge is 2.48. The van der Waals surface area contributed by atoms with Crippen LogP contribution in [0.2, 0.25) is 0 Å². The number of pyridine rings is 1. The summed E-state index contributed by atoms with van der Waals surface area (Å²) in [4.78, 5) is 0. The minimum atomic E-state index is 0.153. The largest absolute Gasteiger partial charge is 0.215 e. The maximum atomic E-state index is 2.57. The molecule has 148 valence electrons. The number of thiophene rings is 1. The molecule has 1 nitrogen and oxygen atoms in total. The van der Waals surface area contributed by atoms with E-state index in [1.807, 2.05) is 11.3 Å². The molecule has 0 saturated heterocycles. The Morgan fingerprint density at radius 3 is 2.40 bits per heavy atom. The van der Waals surface area contributed by atoms with Crippen LogP contribution in [0.1, 0.15) is 45.2 Å². The number of aromatic nitrogens is 1. The quantitative estimate of drug-likeness (QED) is 0.262. The SMILES string of the molecule is CCC1(CC)c2ccc3c(sc4ccccc43)c2-c2cc3ccccc3c[n+]2C1C. The van der Waals surface area contributed by atoms with E-state index in [2.05, 4.69) is 98.3 Å². The second kappa shape index (κ2) is 6.39. The van der Waals surface area contributed by atoms with Crippen LogP contribution in [0.15, 0.2) is 72.9 Å². The van der Waals surface area contributed by atoms with Crippen LogP contribution in [0.3, 0.4) is 0 Å². The number of hydrogen-bond donors (Lipinski definition) is 0. The third-order valence-corrected chi connectivity index (χ3v) is 8.87. The molecule has 3 heterocycles. The summed E-state index contributed by atoms with van der Waals surface area (Å²) in [5.41, 5.74) is 4.52. The lowest BCUT2D eigenvalue weighted by molar-refractivity contribution is -0.720. The molecular formula is C28H26NS+. The predicted molar refractivity (Wildman–Crippen MR) is 129 cm³/mol. The van der Waals surface area contributed by atoms with Crippen LogP contribution in [0, 0.1) is 0 Å². The Morgan fingerprint density at radius 2 is 1.60 bits per heavy atom. The van der Waals surface area contributed by atoms with Gasteiger partial charge < -0.3 is 0 Å². The summed E-state index contributed by atoms with van der Waals surface area (Å²) >= 11 is 1.95. The fourth-order valence-corrected chi connectivity index (χ4v) is 7.15. The van der Waals surface area contributed by atoms with Crippen molar-refractivity contribution in [2.75, 3.05) is 0 Å². The van der Waals surface area contributed by atoms with Gasteiger partial charge in [0.05, 0.1) is 11.0 Å². The summed E-state index contributed by atoms with van der Waals surface area (Å²) < 4.78 is 5.39. The van der Waals surface area contributed by atoms with Gasteiger partial charge in [0.1, 0.15) is 0 Å². The smallest absolute Gasteiger partial charge is 0.194 e. The summed E-state index contributed by atoms with van der Waals surface area (Å²) in [5.74, 6) is 0. The second-order valence-electron chi connectivity index (χ2n) is 8.70. The van der Waals surface area contributed by atoms with Gasteiger partial charge >= 0.3 is 0 Å². The van der Waals surface area contributed by atoms with Crippen LogP contribution in [0.5, 0.6) is 0 Å². The summed E-state index contributed by atoms with van der Waals surface area (Å²) in [6, 6.07) is 25.3. The highest BCUT2D eigenvalue weighted by molar-refractivity contribution is 7.26. The Kier molecular flexibility index (Phi) is 3.85. The highest BCUT2D eigenvalue weighted by atomic mass is 32.1. The molecule has 0 saturated carbocycles. The number of nitrogens with zero attached hydrogens (tertiary/aromatic N) is 1. The maximum Gasteiger partial charge on any atom is 0.215 e. The molecule has 2 heteroatoms. The molecule has 0 amide bonds. The topological polar surface area (TPSA) is 3.88 Å². The van der Waals surface area contributed by atoms with E-state index in [4.69, 9.17) is 0 Å². The predicted octanol–water partition coefficient (Wildman–Crippen LogP) is 7.79. The van der Waals surface area contributed by atoms with E-state index in [1.165, 1.54) is 47.8 Å². The lowest BCUT2D eigenvalue weighted by Crippen LogP contribution is -2.54. The molecule has 2 aromatic heterocycles. The van der Waals surface area contributed by atoms with Crippen molar-refractivity contribution in [2.24, 2.45) is 0 Å². The maximum absolute atomic E-state index is 2.57. The van der Waals surface area contributed by atoms with Crippen molar-refractivity contribution in [3.05, 3.63) is 78.5 Å². The monoisotopic (exact) mass is 408 g/mol. The van der Waals surface area contributed by atoms with Crippen molar-refractivity contribution in [3.8, 4) is 11.3 Å². The fraction of sp³-hybridized carbons (Fsp3) is 0.250. The van der Waals surface area contributed by atoms with Crippen molar-refractivity contribution in [1.82, 2.24) is 0 Å². The molecule has 0 N–H and O–H groups in total. The molecule has 0 spiro atoms. The van der Waals surface area contributed by atoms with Crippen molar-refractivity contribution in [1.29, 1.82) is 0 Å². The third-order valence-electron chi connectivity index (χ3n) is 7.66. The van der Waals surface area contributed by atoms with Crippen LogP contribution in [-0.2, 0) is 5.41 Å². The molecule has 5 aromatic rings. The number of fused-ring (bicyclic) bond motifs is 8. The first-order valence-corrected chi connectivity index (χ1v) is 11.9. The van der Waals surface area contributed by atoms with Gasteiger partial charge in [0.2, 0.25) is 5.69 Å². The van der Waals surface area contributed by atoms with Gasteiger partial charge in [0, 0.05) is 31.6 Å². The van der Waals surface area contributed by atoms with E-state index in [1.54, 1.807) is 0 Å². The zero-order valence-corrected chi connectivity index (χ0v) is 18.6. The second-order valence-corrected chi connectivity index (χ2v) is 9.75. The first-order valence-electron chi connectivity index (χ1n) is 11.1. The minimum absolute atomic E-state index is 0.153. The van der Waals surface area contributed by atoms with Crippen molar-refractivity contribution >= 4 is 42.3 Å². The number of rotatable bonds is 2. The van der Waals surface area contributed by atoms with Crippen LogP contribution in [0.25, 0.3) is 42.2 Å². The van der Waals surface area contributed by atoms with Crippen LogP contribution in [0.4, 0.5) is 0 Å². The third kappa shape index (κ3) is 2.20. The summed E-state index contributed by atoms with van der Waals surface area (Å²) in [6.07, 6.45) is 4.69. The van der Waals surface area contributed by atoms with Gasteiger partial charge in [-0.05, 0) is 42.8 Å². The van der Waals surface area contributed by atoms with Gasteiger partial charge in [-0.25, -0.2) is 0 Å². The molecule has 0 bridgehead atoms. The van der Waals surface area contributed by atoms with Crippen LogP contribution in [-0.4, -0.2) is 0 Å². The van der Waals surface area contributed by atoms with E-state index < -0.39 is 0 Å². The Balaban J connectivity index is 1.82. The molecule has 1 unspecified atom stereocenters. The molecule has 1 aliphatic heterocycles. The average molecular weight is 409 g/mol. The van der Waals surface area contributed by atoms with Gasteiger partial charge in [-0.3, -0.25) is 0 Å². The van der Waals surface area contributed by atoms with Gasteiger partial charge in [0.15, 0.2) is 12.2 Å². The number of hydrogen-bond acceptors (Lipinski definition) is 1. The summed E-state index contributed by atoms with van der Waals surface area (Å²) in [5, 5.41) is 5.41. The number of benzene rings is 3. The summed E-state index contributed by atoms with van der Waals surface area (Å²) in [7, 11) is 0. The lowest BCUT2D eigenvalue weighted by atomic mass is 9.66. The molecule has 3 aromatic carbocycles. The van der Waals surface area contributed by atoms with Crippen LogP contribution < -0.4 is 4.57 Å². The first-order chi connectivity index (χ1) is 14.7. The fourth-order valence-electron chi connectivity index (χ4n) is 5.89. The normalized spacial score (nSPS) is 17.4. The van der Waals surface area contributed by atoms with Gasteiger partial charge in [-0.1, -0.05) is 62.4 Å². The van der Waals surface area contributed by atoms with Crippen LogP contribution >= 0.6 is 11.3 Å². The molecule has 0 fully saturated rings. The molecular weight excluding hydrogens is 382 g/mol. The zero-order chi connectivity index (χ0) is 20.5. The molecule has 1 atom stereocenters. The average Bonchev–Trinajstić information content (AvgIpc) is 3.17.